The van der Waals surface area contributed by atoms with Crippen LogP contribution in [0.4, 0.5) is 16.2 Å². The number of pyridine rings is 1. The van der Waals surface area contributed by atoms with Crippen molar-refractivity contribution in [2.75, 3.05) is 36.0 Å². The lowest BCUT2D eigenvalue weighted by atomic mass is 9.73. The fourth-order valence-electron chi connectivity index (χ4n) is 4.63. The normalized spacial score (nSPS) is 22.1. The number of fused-ring (bicyclic) bond motifs is 1. The van der Waals surface area contributed by atoms with E-state index in [1.54, 1.807) is 29.4 Å². The van der Waals surface area contributed by atoms with E-state index in [4.69, 9.17) is 16.7 Å². The SMILES string of the molecule is CC1c2cc(Cl)ccc2C(=O)N1c1cncc(N2CC3(CN(C(=O)O)C3)C2)c1. The fraction of sp³-hybridized carbons (Fsp3) is 0.350. The summed E-state index contributed by atoms with van der Waals surface area (Å²) in [5.74, 6) is -0.0470. The Morgan fingerprint density at radius 1 is 1.18 bits per heavy atom. The molecule has 5 rings (SSSR count). The van der Waals surface area contributed by atoms with E-state index in [1.165, 1.54) is 4.90 Å². The summed E-state index contributed by atoms with van der Waals surface area (Å²) in [4.78, 5) is 33.6. The van der Waals surface area contributed by atoms with Crippen LogP contribution in [0.3, 0.4) is 0 Å². The molecule has 2 saturated heterocycles. The quantitative estimate of drug-likeness (QED) is 0.840. The summed E-state index contributed by atoms with van der Waals surface area (Å²) in [6, 6.07) is 7.23. The van der Waals surface area contributed by atoms with E-state index in [-0.39, 0.29) is 17.4 Å². The van der Waals surface area contributed by atoms with E-state index in [1.807, 2.05) is 19.1 Å². The lowest BCUT2D eigenvalue weighted by Gasteiger charge is -2.60. The molecule has 3 aliphatic rings. The van der Waals surface area contributed by atoms with Crippen LogP contribution < -0.4 is 9.80 Å². The highest BCUT2D eigenvalue weighted by Crippen LogP contribution is 2.43. The Labute approximate surface area is 167 Å². The van der Waals surface area contributed by atoms with Crippen LogP contribution in [0.25, 0.3) is 0 Å². The summed E-state index contributed by atoms with van der Waals surface area (Å²) in [5, 5.41) is 9.64. The highest BCUT2D eigenvalue weighted by Gasteiger charge is 2.53. The van der Waals surface area contributed by atoms with Gasteiger partial charge in [-0.15, -0.1) is 0 Å². The number of hydrogen-bond acceptors (Lipinski definition) is 4. The molecule has 0 aliphatic carbocycles. The Hall–Kier alpha value is -2.80. The van der Waals surface area contributed by atoms with Gasteiger partial charge in [0.15, 0.2) is 0 Å². The molecular formula is C20H19ClN4O3. The fourth-order valence-corrected chi connectivity index (χ4v) is 4.81. The molecule has 0 saturated carbocycles. The summed E-state index contributed by atoms with van der Waals surface area (Å²) >= 11 is 6.11. The number of carboxylic acid groups (broad SMARTS) is 1. The summed E-state index contributed by atoms with van der Waals surface area (Å²) < 4.78 is 0. The van der Waals surface area contributed by atoms with Gasteiger partial charge in [0, 0.05) is 42.2 Å². The average Bonchev–Trinajstić information content (AvgIpc) is 2.83. The number of hydrogen-bond donors (Lipinski definition) is 1. The molecule has 144 valence electrons. The lowest BCUT2D eigenvalue weighted by Crippen LogP contribution is -2.73. The van der Waals surface area contributed by atoms with Crippen LogP contribution in [-0.2, 0) is 0 Å². The zero-order valence-corrected chi connectivity index (χ0v) is 16.1. The van der Waals surface area contributed by atoms with Crippen molar-refractivity contribution in [1.82, 2.24) is 9.88 Å². The number of carbonyl (C=O) groups is 2. The number of benzene rings is 1. The standard InChI is InChI=1S/C20H19ClN4O3/c1-12-17-4-13(21)2-3-16(17)18(26)25(12)15-5-14(6-22-7-15)23-8-20(9-23)10-24(11-20)19(27)28/h2-7,12H,8-11H2,1H3,(H,27,28). The van der Waals surface area contributed by atoms with E-state index >= 15 is 0 Å². The highest BCUT2D eigenvalue weighted by molar-refractivity contribution is 6.31. The Morgan fingerprint density at radius 3 is 2.61 bits per heavy atom. The molecule has 1 unspecified atom stereocenters. The third kappa shape index (κ3) is 2.46. The number of anilines is 2. The van der Waals surface area contributed by atoms with Crippen molar-refractivity contribution in [3.8, 4) is 0 Å². The molecule has 1 atom stereocenters. The molecule has 8 heteroatoms. The maximum Gasteiger partial charge on any atom is 0.407 e. The lowest BCUT2D eigenvalue weighted by molar-refractivity contribution is -0.00943. The average molecular weight is 399 g/mol. The van der Waals surface area contributed by atoms with Gasteiger partial charge in [0.1, 0.15) is 0 Å². The van der Waals surface area contributed by atoms with Crippen LogP contribution in [0.5, 0.6) is 0 Å². The van der Waals surface area contributed by atoms with E-state index < -0.39 is 6.09 Å². The molecule has 1 aromatic carbocycles. The molecule has 2 fully saturated rings. The molecule has 1 aromatic heterocycles. The van der Waals surface area contributed by atoms with Crippen molar-refractivity contribution in [3.63, 3.8) is 0 Å². The van der Waals surface area contributed by atoms with Crippen LogP contribution in [0.15, 0.2) is 36.7 Å². The number of carbonyl (C=O) groups excluding carboxylic acids is 1. The minimum atomic E-state index is -0.853. The Bertz CT molecular complexity index is 997. The van der Waals surface area contributed by atoms with Crippen molar-refractivity contribution >= 4 is 35.0 Å². The molecule has 4 heterocycles. The molecule has 28 heavy (non-hydrogen) atoms. The monoisotopic (exact) mass is 398 g/mol. The van der Waals surface area contributed by atoms with E-state index in [0.717, 1.165) is 30.0 Å². The summed E-state index contributed by atoms with van der Waals surface area (Å²) in [7, 11) is 0. The van der Waals surface area contributed by atoms with E-state index in [0.29, 0.717) is 23.7 Å². The van der Waals surface area contributed by atoms with Crippen molar-refractivity contribution in [2.24, 2.45) is 5.41 Å². The van der Waals surface area contributed by atoms with E-state index in [9.17, 15) is 9.59 Å². The molecule has 2 aromatic rings. The smallest absolute Gasteiger partial charge is 0.407 e. The first-order valence-electron chi connectivity index (χ1n) is 9.18. The van der Waals surface area contributed by atoms with Gasteiger partial charge in [-0.25, -0.2) is 4.79 Å². The Morgan fingerprint density at radius 2 is 1.89 bits per heavy atom. The molecule has 1 spiro atoms. The first-order valence-corrected chi connectivity index (χ1v) is 9.56. The van der Waals surface area contributed by atoms with Crippen LogP contribution in [0.1, 0.15) is 28.9 Å². The predicted molar refractivity (Wildman–Crippen MR) is 105 cm³/mol. The third-order valence-corrected chi connectivity index (χ3v) is 6.26. The maximum atomic E-state index is 12.9. The second-order valence-corrected chi connectivity index (χ2v) is 8.42. The van der Waals surface area contributed by atoms with E-state index in [2.05, 4.69) is 9.88 Å². The van der Waals surface area contributed by atoms with Crippen molar-refractivity contribution in [1.29, 1.82) is 0 Å². The van der Waals surface area contributed by atoms with Crippen molar-refractivity contribution in [3.05, 3.63) is 52.8 Å². The van der Waals surface area contributed by atoms with Crippen molar-refractivity contribution in [2.45, 2.75) is 13.0 Å². The topological polar surface area (TPSA) is 77.0 Å². The predicted octanol–water partition coefficient (Wildman–Crippen LogP) is 3.26. The van der Waals surface area contributed by atoms with Gasteiger partial charge >= 0.3 is 6.09 Å². The summed E-state index contributed by atoms with van der Waals surface area (Å²) in [5.41, 5.74) is 3.37. The minimum Gasteiger partial charge on any atom is -0.465 e. The van der Waals surface area contributed by atoms with Crippen LogP contribution in [0.2, 0.25) is 5.02 Å². The summed E-state index contributed by atoms with van der Waals surface area (Å²) in [6.07, 6.45) is 2.64. The van der Waals surface area contributed by atoms with Crippen LogP contribution >= 0.6 is 11.6 Å². The molecule has 0 radical (unpaired) electrons. The third-order valence-electron chi connectivity index (χ3n) is 6.03. The first kappa shape index (κ1) is 17.3. The van der Waals surface area contributed by atoms with Gasteiger partial charge in [0.05, 0.1) is 29.8 Å². The van der Waals surface area contributed by atoms with Gasteiger partial charge in [-0.2, -0.15) is 0 Å². The second kappa shape index (κ2) is 5.85. The zero-order valence-electron chi connectivity index (χ0n) is 15.3. The number of nitrogens with zero attached hydrogens (tertiary/aromatic N) is 4. The highest BCUT2D eigenvalue weighted by atomic mass is 35.5. The van der Waals surface area contributed by atoms with Gasteiger partial charge in [-0.1, -0.05) is 11.6 Å². The number of amides is 2. The first-order chi connectivity index (χ1) is 13.4. The van der Waals surface area contributed by atoms with Gasteiger partial charge in [0.2, 0.25) is 0 Å². The number of rotatable bonds is 2. The van der Waals surface area contributed by atoms with Crippen molar-refractivity contribution < 1.29 is 14.7 Å². The Balaban J connectivity index is 1.35. The molecule has 0 bridgehead atoms. The Kier molecular flexibility index (Phi) is 3.61. The van der Waals surface area contributed by atoms with Gasteiger partial charge in [-0.3, -0.25) is 14.7 Å². The number of aromatic nitrogens is 1. The molecule has 3 aliphatic heterocycles. The molecule has 7 nitrogen and oxygen atoms in total. The number of halogens is 1. The maximum absolute atomic E-state index is 12.9. The minimum absolute atomic E-state index is 0.0470. The molecular weight excluding hydrogens is 380 g/mol. The summed E-state index contributed by atoms with van der Waals surface area (Å²) in [6.45, 7) is 4.77. The largest absolute Gasteiger partial charge is 0.465 e. The molecule has 2 amide bonds. The van der Waals surface area contributed by atoms with Gasteiger partial charge in [0.25, 0.3) is 5.91 Å². The number of likely N-dealkylation sites (tertiary alicyclic amines) is 1. The van der Waals surface area contributed by atoms with Crippen LogP contribution in [0, 0.1) is 5.41 Å². The van der Waals surface area contributed by atoms with Gasteiger partial charge < -0.3 is 14.9 Å². The van der Waals surface area contributed by atoms with Gasteiger partial charge in [-0.05, 0) is 36.8 Å². The van der Waals surface area contributed by atoms with Crippen LogP contribution in [-0.4, -0.2) is 53.2 Å². The zero-order chi connectivity index (χ0) is 19.6. The molecule has 1 N–H and O–H groups in total. The second-order valence-electron chi connectivity index (χ2n) is 7.98.